The van der Waals surface area contributed by atoms with Gasteiger partial charge in [-0.15, -0.1) is 0 Å². The predicted molar refractivity (Wildman–Crippen MR) is 51.5 cm³/mol. The Morgan fingerprint density at radius 3 is 2.44 bits per heavy atom. The molecular formula is C7H9F2N3O3S. The summed E-state index contributed by atoms with van der Waals surface area (Å²) in [6.07, 6.45) is -2.22. The van der Waals surface area contributed by atoms with Gasteiger partial charge < -0.3 is 10.5 Å². The molecule has 0 saturated heterocycles. The van der Waals surface area contributed by atoms with E-state index in [1.165, 1.54) is 0 Å². The molecule has 0 radical (unpaired) electrons. The fourth-order valence-corrected chi connectivity index (χ4v) is 1.84. The highest BCUT2D eigenvalue weighted by Crippen LogP contribution is 2.36. The van der Waals surface area contributed by atoms with E-state index in [1.54, 1.807) is 0 Å². The van der Waals surface area contributed by atoms with Crippen molar-refractivity contribution in [2.45, 2.75) is 11.5 Å². The number of nitrogens with two attached hydrogens (primary N) is 2. The molecule has 0 bridgehead atoms. The van der Waals surface area contributed by atoms with Crippen LogP contribution in [0.25, 0.3) is 0 Å². The van der Waals surface area contributed by atoms with Gasteiger partial charge in [-0.1, -0.05) is 0 Å². The van der Waals surface area contributed by atoms with Crippen LogP contribution in [0.2, 0.25) is 0 Å². The van der Waals surface area contributed by atoms with E-state index in [4.69, 9.17) is 10.9 Å². The van der Waals surface area contributed by atoms with Gasteiger partial charge in [0.25, 0.3) is 16.4 Å². The number of hydrogen-bond donors (Lipinski definition) is 2. The van der Waals surface area contributed by atoms with Gasteiger partial charge in [0.2, 0.25) is 0 Å². The maximum Gasteiger partial charge on any atom is 0.270 e. The molecule has 9 heteroatoms. The largest absolute Gasteiger partial charge is 0.494 e. The van der Waals surface area contributed by atoms with E-state index in [2.05, 4.69) is 9.72 Å². The topological polar surface area (TPSA) is 108 Å². The quantitative estimate of drug-likeness (QED) is 0.803. The smallest absolute Gasteiger partial charge is 0.270 e. The van der Waals surface area contributed by atoms with E-state index in [0.717, 1.165) is 13.3 Å². The Labute approximate surface area is 90.3 Å². The molecule has 0 aliphatic carbocycles. The number of nitrogens with zero attached hydrogens (tertiary/aromatic N) is 1. The highest BCUT2D eigenvalue weighted by Gasteiger charge is 2.28. The molecular weight excluding hydrogens is 244 g/mol. The first kappa shape index (κ1) is 12.6. The van der Waals surface area contributed by atoms with E-state index in [1.807, 2.05) is 0 Å². The number of aromatic nitrogens is 1. The molecule has 0 aliphatic heterocycles. The van der Waals surface area contributed by atoms with Gasteiger partial charge in [-0.05, 0) is 0 Å². The Bertz CT molecular complexity index is 504. The van der Waals surface area contributed by atoms with E-state index >= 15 is 0 Å². The molecule has 0 aromatic carbocycles. The number of halogens is 2. The van der Waals surface area contributed by atoms with E-state index in [0.29, 0.717) is 0 Å². The fourth-order valence-electron chi connectivity index (χ4n) is 1.16. The number of sulfonamides is 1. The molecule has 1 aromatic rings. The number of alkyl halides is 2. The predicted octanol–water partition coefficient (Wildman–Crippen LogP) is 0.257. The van der Waals surface area contributed by atoms with Gasteiger partial charge in [-0.3, -0.25) is 0 Å². The number of anilines is 1. The van der Waals surface area contributed by atoms with Crippen molar-refractivity contribution in [1.29, 1.82) is 0 Å². The maximum absolute atomic E-state index is 12.7. The lowest BCUT2D eigenvalue weighted by molar-refractivity contribution is 0.142. The zero-order valence-corrected chi connectivity index (χ0v) is 8.96. The minimum absolute atomic E-state index is 0.190. The zero-order valence-electron chi connectivity index (χ0n) is 8.15. The molecule has 1 aromatic heterocycles. The molecule has 0 spiro atoms. The Morgan fingerprint density at radius 2 is 2.06 bits per heavy atom. The molecule has 1 heterocycles. The van der Waals surface area contributed by atoms with Crippen molar-refractivity contribution in [3.63, 3.8) is 0 Å². The van der Waals surface area contributed by atoms with Crippen LogP contribution in [-0.4, -0.2) is 20.5 Å². The van der Waals surface area contributed by atoms with Crippen LogP contribution < -0.4 is 15.6 Å². The van der Waals surface area contributed by atoms with Gasteiger partial charge in [0.05, 0.1) is 19.0 Å². The third-order valence-electron chi connectivity index (χ3n) is 1.75. The standard InChI is InChI=1S/C7H9F2N3O3S/c1-15-5-3(10)2-12-7(16(11,13)14)4(5)6(8)9/h2,6H,10H2,1H3,(H2,11,13,14). The second kappa shape index (κ2) is 4.18. The third kappa shape index (κ3) is 2.19. The van der Waals surface area contributed by atoms with Crippen LogP contribution in [0.1, 0.15) is 12.0 Å². The van der Waals surface area contributed by atoms with Crippen molar-refractivity contribution in [3.05, 3.63) is 11.8 Å². The van der Waals surface area contributed by atoms with Crippen molar-refractivity contribution in [2.24, 2.45) is 5.14 Å². The first-order chi connectivity index (χ1) is 7.29. The van der Waals surface area contributed by atoms with Crippen LogP contribution in [0, 0.1) is 0 Å². The monoisotopic (exact) mass is 253 g/mol. The van der Waals surface area contributed by atoms with Gasteiger partial charge in [0.1, 0.15) is 5.56 Å². The Morgan fingerprint density at radius 1 is 1.50 bits per heavy atom. The number of rotatable bonds is 3. The highest BCUT2D eigenvalue weighted by molar-refractivity contribution is 7.89. The second-order valence-corrected chi connectivity index (χ2v) is 4.29. The summed E-state index contributed by atoms with van der Waals surface area (Å²) < 4.78 is 52.0. The van der Waals surface area contributed by atoms with Crippen LogP contribution >= 0.6 is 0 Å². The van der Waals surface area contributed by atoms with Crippen molar-refractivity contribution < 1.29 is 21.9 Å². The average molecular weight is 253 g/mol. The Kier molecular flexibility index (Phi) is 3.29. The summed E-state index contributed by atoms with van der Waals surface area (Å²) in [5.41, 5.74) is 4.21. The number of ether oxygens (including phenoxy) is 1. The molecule has 90 valence electrons. The zero-order chi connectivity index (χ0) is 12.5. The minimum atomic E-state index is -4.35. The van der Waals surface area contributed by atoms with E-state index in [9.17, 15) is 17.2 Å². The molecule has 0 aliphatic rings. The summed E-state index contributed by atoms with van der Waals surface area (Å²) in [5.74, 6) is -0.436. The average Bonchev–Trinajstić information content (AvgIpc) is 2.14. The van der Waals surface area contributed by atoms with Crippen LogP contribution in [0.5, 0.6) is 5.75 Å². The normalized spacial score (nSPS) is 11.8. The summed E-state index contributed by atoms with van der Waals surface area (Å²) in [6, 6.07) is 0. The lowest BCUT2D eigenvalue weighted by Crippen LogP contribution is -2.18. The molecule has 4 N–H and O–H groups in total. The number of nitrogen functional groups attached to an aromatic ring is 1. The molecule has 0 amide bonds. The summed E-state index contributed by atoms with van der Waals surface area (Å²) in [5, 5.41) is 3.81. The second-order valence-electron chi connectivity index (χ2n) is 2.81. The van der Waals surface area contributed by atoms with Crippen LogP contribution in [-0.2, 0) is 10.0 Å². The summed E-state index contributed by atoms with van der Waals surface area (Å²) >= 11 is 0. The SMILES string of the molecule is COc1c(N)cnc(S(N)(=O)=O)c1C(F)F. The number of pyridine rings is 1. The van der Waals surface area contributed by atoms with Gasteiger partial charge in [-0.2, -0.15) is 0 Å². The maximum atomic E-state index is 12.7. The van der Waals surface area contributed by atoms with Gasteiger partial charge in [-0.25, -0.2) is 27.3 Å². The number of methoxy groups -OCH3 is 1. The molecule has 6 nitrogen and oxygen atoms in total. The van der Waals surface area contributed by atoms with Crippen LogP contribution in [0.3, 0.4) is 0 Å². The lowest BCUT2D eigenvalue weighted by Gasteiger charge is -2.12. The summed E-state index contributed by atoms with van der Waals surface area (Å²) in [4.78, 5) is 3.28. The fraction of sp³-hybridized carbons (Fsp3) is 0.286. The van der Waals surface area contributed by atoms with Crippen LogP contribution in [0.4, 0.5) is 14.5 Å². The summed E-state index contributed by atoms with van der Waals surface area (Å²) in [6.45, 7) is 0. The van der Waals surface area contributed by atoms with E-state index < -0.39 is 32.8 Å². The molecule has 0 unspecified atom stereocenters. The van der Waals surface area contributed by atoms with Crippen LogP contribution in [0.15, 0.2) is 11.2 Å². The molecule has 16 heavy (non-hydrogen) atoms. The van der Waals surface area contributed by atoms with Gasteiger partial charge in [0, 0.05) is 0 Å². The first-order valence-corrected chi connectivity index (χ1v) is 5.47. The molecule has 0 atom stereocenters. The molecule has 1 rings (SSSR count). The van der Waals surface area contributed by atoms with Crippen molar-refractivity contribution in [3.8, 4) is 5.75 Å². The number of hydrogen-bond acceptors (Lipinski definition) is 5. The lowest BCUT2D eigenvalue weighted by atomic mass is 10.2. The first-order valence-electron chi connectivity index (χ1n) is 3.92. The Balaban J connectivity index is 3.65. The van der Waals surface area contributed by atoms with E-state index in [-0.39, 0.29) is 5.69 Å². The minimum Gasteiger partial charge on any atom is -0.494 e. The van der Waals surface area contributed by atoms with Crippen molar-refractivity contribution in [1.82, 2.24) is 4.98 Å². The van der Waals surface area contributed by atoms with Gasteiger partial charge >= 0.3 is 0 Å². The molecule has 0 fully saturated rings. The van der Waals surface area contributed by atoms with Crippen molar-refractivity contribution in [2.75, 3.05) is 12.8 Å². The number of primary sulfonamides is 1. The Hall–Kier alpha value is -1.48. The molecule has 0 saturated carbocycles. The highest BCUT2D eigenvalue weighted by atomic mass is 32.2. The third-order valence-corrected chi connectivity index (χ3v) is 2.61. The summed E-state index contributed by atoms with van der Waals surface area (Å²) in [7, 11) is -3.27. The van der Waals surface area contributed by atoms with Gasteiger partial charge in [0.15, 0.2) is 10.8 Å². The van der Waals surface area contributed by atoms with Crippen molar-refractivity contribution >= 4 is 15.7 Å².